The van der Waals surface area contributed by atoms with E-state index in [1.54, 1.807) is 0 Å². The topological polar surface area (TPSA) is 52.0 Å². The second-order valence-electron chi connectivity index (χ2n) is 4.43. The predicted molar refractivity (Wildman–Crippen MR) is 52.7 cm³/mol. The van der Waals surface area contributed by atoms with Gasteiger partial charge in [-0.25, -0.2) is 0 Å². The number of rotatable bonds is 2. The Morgan fingerprint density at radius 1 is 1.42 bits per heavy atom. The van der Waals surface area contributed by atoms with Gasteiger partial charge in [-0.05, 0) is 43.6 Å². The zero-order chi connectivity index (χ0) is 9.14. The van der Waals surface area contributed by atoms with Gasteiger partial charge in [-0.1, -0.05) is 13.8 Å². The summed E-state index contributed by atoms with van der Waals surface area (Å²) < 4.78 is 0. The van der Waals surface area contributed by atoms with Crippen molar-refractivity contribution in [2.24, 2.45) is 29.2 Å². The molecule has 4 unspecified atom stereocenters. The third-order valence-electron chi connectivity index (χ3n) is 3.48. The van der Waals surface area contributed by atoms with Crippen LogP contribution in [-0.2, 0) is 0 Å². The summed E-state index contributed by atoms with van der Waals surface area (Å²) in [5, 5.41) is 0. The highest BCUT2D eigenvalue weighted by Crippen LogP contribution is 2.31. The monoisotopic (exact) mass is 170 g/mol. The molecule has 0 amide bonds. The average Bonchev–Trinajstić information content (AvgIpc) is 2.08. The minimum absolute atomic E-state index is 0.415. The Bertz CT molecular complexity index is 136. The number of nitrogens with two attached hydrogens (primary N) is 2. The summed E-state index contributed by atoms with van der Waals surface area (Å²) in [5.41, 5.74) is 11.7. The first-order valence-corrected chi connectivity index (χ1v) is 5.10. The van der Waals surface area contributed by atoms with E-state index in [1.165, 1.54) is 19.3 Å². The van der Waals surface area contributed by atoms with Crippen molar-refractivity contribution in [2.75, 3.05) is 6.54 Å². The van der Waals surface area contributed by atoms with Gasteiger partial charge in [-0.2, -0.15) is 0 Å². The number of hydrogen-bond donors (Lipinski definition) is 2. The van der Waals surface area contributed by atoms with Crippen molar-refractivity contribution in [1.82, 2.24) is 0 Å². The van der Waals surface area contributed by atoms with Crippen molar-refractivity contribution >= 4 is 0 Å². The molecule has 1 aliphatic rings. The minimum Gasteiger partial charge on any atom is -0.330 e. The van der Waals surface area contributed by atoms with Gasteiger partial charge >= 0.3 is 0 Å². The molecular formula is C10H22N2. The lowest BCUT2D eigenvalue weighted by Gasteiger charge is -2.34. The lowest BCUT2D eigenvalue weighted by atomic mass is 9.74. The molecule has 0 spiro atoms. The second kappa shape index (κ2) is 4.24. The summed E-state index contributed by atoms with van der Waals surface area (Å²) in [4.78, 5) is 0. The van der Waals surface area contributed by atoms with Crippen LogP contribution in [0, 0.1) is 17.8 Å². The Kier molecular flexibility index (Phi) is 3.53. The maximum atomic E-state index is 6.02. The Labute approximate surface area is 75.7 Å². The standard InChI is InChI=1S/C10H22N2/c1-7-3-4-9(5-10(7)12)8(2)6-11/h7-10H,3-6,11-12H2,1-2H3. The second-order valence-corrected chi connectivity index (χ2v) is 4.43. The normalized spacial score (nSPS) is 39.5. The summed E-state index contributed by atoms with van der Waals surface area (Å²) >= 11 is 0. The highest BCUT2D eigenvalue weighted by atomic mass is 14.7. The fourth-order valence-electron chi connectivity index (χ4n) is 2.10. The van der Waals surface area contributed by atoms with E-state index in [-0.39, 0.29) is 0 Å². The molecule has 1 fully saturated rings. The molecule has 1 aliphatic carbocycles. The molecule has 0 saturated heterocycles. The van der Waals surface area contributed by atoms with Gasteiger partial charge in [0.1, 0.15) is 0 Å². The minimum atomic E-state index is 0.415. The molecule has 0 aliphatic heterocycles. The van der Waals surface area contributed by atoms with Crippen LogP contribution >= 0.6 is 0 Å². The smallest absolute Gasteiger partial charge is 0.00672 e. The third kappa shape index (κ3) is 2.20. The van der Waals surface area contributed by atoms with Crippen LogP contribution in [0.4, 0.5) is 0 Å². The van der Waals surface area contributed by atoms with E-state index in [0.717, 1.165) is 12.5 Å². The highest BCUT2D eigenvalue weighted by Gasteiger charge is 2.27. The van der Waals surface area contributed by atoms with Gasteiger partial charge in [0.2, 0.25) is 0 Å². The van der Waals surface area contributed by atoms with E-state index in [2.05, 4.69) is 13.8 Å². The Morgan fingerprint density at radius 3 is 2.58 bits per heavy atom. The predicted octanol–water partition coefficient (Wildman–Crippen LogP) is 1.34. The van der Waals surface area contributed by atoms with Crippen LogP contribution in [-0.4, -0.2) is 12.6 Å². The maximum absolute atomic E-state index is 6.02. The molecule has 0 aromatic heterocycles. The van der Waals surface area contributed by atoms with Crippen molar-refractivity contribution in [1.29, 1.82) is 0 Å². The van der Waals surface area contributed by atoms with E-state index >= 15 is 0 Å². The zero-order valence-electron chi connectivity index (χ0n) is 8.29. The molecular weight excluding hydrogens is 148 g/mol. The van der Waals surface area contributed by atoms with Crippen LogP contribution in [0.3, 0.4) is 0 Å². The van der Waals surface area contributed by atoms with Crippen molar-refractivity contribution < 1.29 is 0 Å². The van der Waals surface area contributed by atoms with Gasteiger partial charge in [-0.15, -0.1) is 0 Å². The quantitative estimate of drug-likeness (QED) is 0.657. The van der Waals surface area contributed by atoms with E-state index in [1.807, 2.05) is 0 Å². The Balaban J connectivity index is 2.39. The summed E-state index contributed by atoms with van der Waals surface area (Å²) in [6.07, 6.45) is 3.79. The largest absolute Gasteiger partial charge is 0.330 e. The molecule has 0 aromatic rings. The average molecular weight is 170 g/mol. The molecule has 4 atom stereocenters. The van der Waals surface area contributed by atoms with Gasteiger partial charge in [-0.3, -0.25) is 0 Å². The fourth-order valence-corrected chi connectivity index (χ4v) is 2.10. The van der Waals surface area contributed by atoms with Crippen molar-refractivity contribution in [3.63, 3.8) is 0 Å². The number of hydrogen-bond acceptors (Lipinski definition) is 2. The van der Waals surface area contributed by atoms with E-state index in [0.29, 0.717) is 17.9 Å². The molecule has 0 heterocycles. The molecule has 1 saturated carbocycles. The molecule has 72 valence electrons. The van der Waals surface area contributed by atoms with Gasteiger partial charge in [0.25, 0.3) is 0 Å². The summed E-state index contributed by atoms with van der Waals surface area (Å²) in [5.74, 6) is 2.15. The lowest BCUT2D eigenvalue weighted by Crippen LogP contribution is -2.38. The van der Waals surface area contributed by atoms with Gasteiger partial charge < -0.3 is 11.5 Å². The van der Waals surface area contributed by atoms with Crippen molar-refractivity contribution in [2.45, 2.75) is 39.2 Å². The Morgan fingerprint density at radius 2 is 2.08 bits per heavy atom. The first kappa shape index (κ1) is 10.0. The third-order valence-corrected chi connectivity index (χ3v) is 3.48. The van der Waals surface area contributed by atoms with E-state index in [4.69, 9.17) is 11.5 Å². The summed E-state index contributed by atoms with van der Waals surface area (Å²) in [6.45, 7) is 5.31. The van der Waals surface area contributed by atoms with Crippen molar-refractivity contribution in [3.05, 3.63) is 0 Å². The van der Waals surface area contributed by atoms with Crippen molar-refractivity contribution in [3.8, 4) is 0 Å². The molecule has 4 N–H and O–H groups in total. The zero-order valence-corrected chi connectivity index (χ0v) is 8.29. The summed E-state index contributed by atoms with van der Waals surface area (Å²) in [6, 6.07) is 0.415. The molecule has 1 rings (SSSR count). The van der Waals surface area contributed by atoms with E-state index in [9.17, 15) is 0 Å². The maximum Gasteiger partial charge on any atom is 0.00672 e. The highest BCUT2D eigenvalue weighted by molar-refractivity contribution is 4.82. The molecule has 12 heavy (non-hydrogen) atoms. The van der Waals surface area contributed by atoms with Crippen LogP contribution < -0.4 is 11.5 Å². The molecule has 0 bridgehead atoms. The SMILES string of the molecule is CC1CCC(C(C)CN)CC1N. The molecule has 0 radical (unpaired) electrons. The lowest BCUT2D eigenvalue weighted by molar-refractivity contribution is 0.200. The van der Waals surface area contributed by atoms with Gasteiger partial charge in [0.05, 0.1) is 0 Å². The van der Waals surface area contributed by atoms with Crippen LogP contribution in [0.15, 0.2) is 0 Å². The van der Waals surface area contributed by atoms with E-state index < -0.39 is 0 Å². The van der Waals surface area contributed by atoms with Crippen LogP contribution in [0.5, 0.6) is 0 Å². The molecule has 2 heteroatoms. The first-order valence-electron chi connectivity index (χ1n) is 5.10. The van der Waals surface area contributed by atoms with Gasteiger partial charge in [0, 0.05) is 6.04 Å². The van der Waals surface area contributed by atoms with Crippen LogP contribution in [0.2, 0.25) is 0 Å². The molecule has 0 aromatic carbocycles. The Hall–Kier alpha value is -0.0800. The van der Waals surface area contributed by atoms with Crippen LogP contribution in [0.1, 0.15) is 33.1 Å². The summed E-state index contributed by atoms with van der Waals surface area (Å²) in [7, 11) is 0. The fraction of sp³-hybridized carbons (Fsp3) is 1.00. The van der Waals surface area contributed by atoms with Gasteiger partial charge in [0.15, 0.2) is 0 Å². The van der Waals surface area contributed by atoms with Crippen LogP contribution in [0.25, 0.3) is 0 Å². The first-order chi connectivity index (χ1) is 5.65. The molecule has 2 nitrogen and oxygen atoms in total.